The number of halogens is 1. The lowest BCUT2D eigenvalue weighted by Crippen LogP contribution is -2.41. The van der Waals surface area contributed by atoms with Gasteiger partial charge in [-0.3, -0.25) is 4.79 Å². The Morgan fingerprint density at radius 3 is 2.79 bits per heavy atom. The molecular weight excluding hydrogens is 419 g/mol. The molecule has 0 radical (unpaired) electrons. The highest BCUT2D eigenvalue weighted by molar-refractivity contribution is 14.1. The molecule has 2 rings (SSSR count). The predicted octanol–water partition coefficient (Wildman–Crippen LogP) is 3.61. The van der Waals surface area contributed by atoms with Crippen molar-refractivity contribution in [1.29, 1.82) is 5.26 Å². The summed E-state index contributed by atoms with van der Waals surface area (Å²) in [6.45, 7) is 2.13. The average molecular weight is 440 g/mol. The van der Waals surface area contributed by atoms with Gasteiger partial charge in [0.2, 0.25) is 0 Å². The van der Waals surface area contributed by atoms with Crippen molar-refractivity contribution < 1.29 is 14.6 Å². The summed E-state index contributed by atoms with van der Waals surface area (Å²) < 4.78 is 5.70. The number of carbonyl (C=O) groups is 1. The van der Waals surface area contributed by atoms with E-state index >= 15 is 0 Å². The zero-order chi connectivity index (χ0) is 17.7. The standard InChI is InChI=1S/C18H21IN2O3/c1-11-5-3-4-6-15(11)21-18(23)13(10-20)7-12-8-14(19)17(22)16(9-12)24-2/h7-9,11,15,22H,3-6H2,1-2H3,(H,21,23)/b13-7+/t11-,15-/m0/s1. The molecule has 1 aromatic carbocycles. The topological polar surface area (TPSA) is 82.3 Å². The number of nitriles is 1. The molecule has 1 aliphatic carbocycles. The van der Waals surface area contributed by atoms with Crippen LogP contribution in [0.15, 0.2) is 17.7 Å². The number of carbonyl (C=O) groups excluding carboxylic acids is 1. The zero-order valence-corrected chi connectivity index (χ0v) is 16.0. The second-order valence-electron chi connectivity index (χ2n) is 6.07. The molecule has 1 amide bonds. The van der Waals surface area contributed by atoms with Crippen LogP contribution in [0, 0.1) is 20.8 Å². The highest BCUT2D eigenvalue weighted by atomic mass is 127. The lowest BCUT2D eigenvalue weighted by atomic mass is 9.86. The Bertz CT molecular complexity index is 694. The van der Waals surface area contributed by atoms with Crippen molar-refractivity contribution in [2.75, 3.05) is 7.11 Å². The summed E-state index contributed by atoms with van der Waals surface area (Å²) in [5.41, 5.74) is 0.689. The van der Waals surface area contributed by atoms with Crippen LogP contribution < -0.4 is 10.1 Å². The van der Waals surface area contributed by atoms with Crippen LogP contribution >= 0.6 is 22.6 Å². The summed E-state index contributed by atoms with van der Waals surface area (Å²) in [6, 6.07) is 5.40. The van der Waals surface area contributed by atoms with Crippen molar-refractivity contribution in [3.8, 4) is 17.6 Å². The maximum absolute atomic E-state index is 12.4. The maximum atomic E-state index is 12.4. The van der Waals surface area contributed by atoms with Gasteiger partial charge in [-0.15, -0.1) is 0 Å². The highest BCUT2D eigenvalue weighted by Crippen LogP contribution is 2.33. The first-order valence-electron chi connectivity index (χ1n) is 7.95. The Hall–Kier alpha value is -1.75. The molecule has 2 N–H and O–H groups in total. The third kappa shape index (κ3) is 4.41. The SMILES string of the molecule is COc1cc(/C=C(\C#N)C(=O)N[C@H]2CCCC[C@@H]2C)cc(I)c1O. The summed E-state index contributed by atoms with van der Waals surface area (Å²) in [4.78, 5) is 12.4. The number of methoxy groups -OCH3 is 1. The largest absolute Gasteiger partial charge is 0.504 e. The van der Waals surface area contributed by atoms with Gasteiger partial charge in [-0.2, -0.15) is 5.26 Å². The molecule has 2 atom stereocenters. The van der Waals surface area contributed by atoms with Gasteiger partial charge in [0.1, 0.15) is 11.6 Å². The van der Waals surface area contributed by atoms with Gasteiger partial charge < -0.3 is 15.2 Å². The number of benzene rings is 1. The van der Waals surface area contributed by atoms with Crippen molar-refractivity contribution in [1.82, 2.24) is 5.32 Å². The molecular formula is C18H21IN2O3. The van der Waals surface area contributed by atoms with E-state index in [-0.39, 0.29) is 23.3 Å². The van der Waals surface area contributed by atoms with Gasteiger partial charge in [0, 0.05) is 6.04 Å². The number of nitrogens with one attached hydrogen (secondary N) is 1. The molecule has 0 bridgehead atoms. The van der Waals surface area contributed by atoms with Gasteiger partial charge in [0.05, 0.1) is 10.7 Å². The Morgan fingerprint density at radius 2 is 2.17 bits per heavy atom. The van der Waals surface area contributed by atoms with E-state index in [9.17, 15) is 15.2 Å². The van der Waals surface area contributed by atoms with Crippen molar-refractivity contribution in [3.05, 3.63) is 26.8 Å². The average Bonchev–Trinajstić information content (AvgIpc) is 2.57. The number of phenolic OH excluding ortho intramolecular Hbond substituents is 1. The van der Waals surface area contributed by atoms with Crippen LogP contribution in [-0.4, -0.2) is 24.2 Å². The van der Waals surface area contributed by atoms with Crippen LogP contribution in [0.1, 0.15) is 38.2 Å². The molecule has 6 heteroatoms. The predicted molar refractivity (Wildman–Crippen MR) is 101 cm³/mol. The highest BCUT2D eigenvalue weighted by Gasteiger charge is 2.24. The molecule has 128 valence electrons. The first-order valence-corrected chi connectivity index (χ1v) is 9.03. The number of ether oxygens (including phenoxy) is 1. The van der Waals surface area contributed by atoms with Crippen LogP contribution in [0.4, 0.5) is 0 Å². The zero-order valence-electron chi connectivity index (χ0n) is 13.8. The number of rotatable bonds is 4. The number of hydrogen-bond acceptors (Lipinski definition) is 4. The molecule has 1 saturated carbocycles. The van der Waals surface area contributed by atoms with Crippen molar-refractivity contribution >= 4 is 34.6 Å². The maximum Gasteiger partial charge on any atom is 0.262 e. The molecule has 0 heterocycles. The molecule has 1 aliphatic rings. The van der Waals surface area contributed by atoms with E-state index in [4.69, 9.17) is 4.74 Å². The van der Waals surface area contributed by atoms with E-state index in [1.54, 1.807) is 12.1 Å². The minimum Gasteiger partial charge on any atom is -0.504 e. The number of hydrogen-bond donors (Lipinski definition) is 2. The van der Waals surface area contributed by atoms with Gasteiger partial charge in [-0.1, -0.05) is 19.8 Å². The fraction of sp³-hybridized carbons (Fsp3) is 0.444. The van der Waals surface area contributed by atoms with Gasteiger partial charge in [0.25, 0.3) is 5.91 Å². The normalized spacial score (nSPS) is 21.0. The second kappa shape index (κ2) is 8.38. The molecule has 5 nitrogen and oxygen atoms in total. The molecule has 0 unspecified atom stereocenters. The van der Waals surface area contributed by atoms with Gasteiger partial charge >= 0.3 is 0 Å². The minimum absolute atomic E-state index is 0.0502. The van der Waals surface area contributed by atoms with Crippen molar-refractivity contribution in [2.24, 2.45) is 5.92 Å². The second-order valence-corrected chi connectivity index (χ2v) is 7.23. The first-order chi connectivity index (χ1) is 11.5. The summed E-state index contributed by atoms with van der Waals surface area (Å²) in [6.07, 6.45) is 5.88. The Balaban J connectivity index is 2.21. The van der Waals surface area contributed by atoms with Gasteiger partial charge in [-0.25, -0.2) is 0 Å². The van der Waals surface area contributed by atoms with Crippen LogP contribution in [0.25, 0.3) is 6.08 Å². The molecule has 1 aromatic rings. The van der Waals surface area contributed by atoms with Crippen molar-refractivity contribution in [2.45, 2.75) is 38.6 Å². The molecule has 1 fully saturated rings. The number of phenols is 1. The van der Waals surface area contributed by atoms with Crippen LogP contribution in [0.3, 0.4) is 0 Å². The molecule has 0 spiro atoms. The van der Waals surface area contributed by atoms with E-state index in [1.165, 1.54) is 19.6 Å². The molecule has 0 aliphatic heterocycles. The van der Waals surface area contributed by atoms with E-state index in [0.29, 0.717) is 20.8 Å². The fourth-order valence-corrected chi connectivity index (χ4v) is 3.55. The van der Waals surface area contributed by atoms with E-state index in [0.717, 1.165) is 19.3 Å². The Kier molecular flexibility index (Phi) is 6.49. The van der Waals surface area contributed by atoms with E-state index < -0.39 is 0 Å². The Labute approximate surface area is 155 Å². The minimum atomic E-state index is -0.349. The van der Waals surface area contributed by atoms with Crippen LogP contribution in [0.2, 0.25) is 0 Å². The Morgan fingerprint density at radius 1 is 1.46 bits per heavy atom. The lowest BCUT2D eigenvalue weighted by molar-refractivity contribution is -0.118. The smallest absolute Gasteiger partial charge is 0.262 e. The number of amides is 1. The summed E-state index contributed by atoms with van der Waals surface area (Å²) in [5.74, 6) is 0.441. The molecule has 0 aromatic heterocycles. The molecule has 0 saturated heterocycles. The quantitative estimate of drug-likeness (QED) is 0.426. The summed E-state index contributed by atoms with van der Waals surface area (Å²) in [5, 5.41) is 22.2. The summed E-state index contributed by atoms with van der Waals surface area (Å²) in [7, 11) is 1.46. The van der Waals surface area contributed by atoms with Crippen LogP contribution in [0.5, 0.6) is 11.5 Å². The first kappa shape index (κ1) is 18.6. The van der Waals surface area contributed by atoms with Gasteiger partial charge in [-0.05, 0) is 65.1 Å². The third-order valence-electron chi connectivity index (χ3n) is 4.37. The van der Waals surface area contributed by atoms with Gasteiger partial charge in [0.15, 0.2) is 11.5 Å². The van der Waals surface area contributed by atoms with Crippen molar-refractivity contribution in [3.63, 3.8) is 0 Å². The number of aromatic hydroxyl groups is 1. The third-order valence-corrected chi connectivity index (χ3v) is 5.20. The van der Waals surface area contributed by atoms with Crippen LogP contribution in [-0.2, 0) is 4.79 Å². The lowest BCUT2D eigenvalue weighted by Gasteiger charge is -2.29. The van der Waals surface area contributed by atoms with E-state index in [1.807, 2.05) is 28.7 Å². The monoisotopic (exact) mass is 440 g/mol. The van der Waals surface area contributed by atoms with E-state index in [2.05, 4.69) is 12.2 Å². The fourth-order valence-electron chi connectivity index (χ4n) is 2.92. The molecule has 24 heavy (non-hydrogen) atoms. The summed E-state index contributed by atoms with van der Waals surface area (Å²) >= 11 is 1.98. The number of nitrogens with zero attached hydrogens (tertiary/aromatic N) is 1.